The van der Waals surface area contributed by atoms with Crippen molar-refractivity contribution >= 4 is 45.4 Å². The van der Waals surface area contributed by atoms with Crippen LogP contribution in [0.1, 0.15) is 50.5 Å². The first kappa shape index (κ1) is 30.8. The molecule has 3 aromatic rings. The Morgan fingerprint density at radius 2 is 1.93 bits per heavy atom. The third-order valence-corrected chi connectivity index (χ3v) is 8.46. The van der Waals surface area contributed by atoms with E-state index in [1.54, 1.807) is 10.9 Å². The highest BCUT2D eigenvalue weighted by molar-refractivity contribution is 7.47. The van der Waals surface area contributed by atoms with Gasteiger partial charge in [0, 0.05) is 25.2 Å². The molecule has 3 aliphatic rings. The minimum absolute atomic E-state index is 0.180. The number of hydrogen-bond donors (Lipinski definition) is 5. The Morgan fingerprint density at radius 3 is 2.66 bits per heavy atom. The first-order valence-corrected chi connectivity index (χ1v) is 16.5. The van der Waals surface area contributed by atoms with Gasteiger partial charge in [-0.1, -0.05) is 24.3 Å². The van der Waals surface area contributed by atoms with Crippen LogP contribution in [0.15, 0.2) is 30.5 Å². The Labute approximate surface area is 245 Å². The summed E-state index contributed by atoms with van der Waals surface area (Å²) in [5.41, 5.74) is 3.73. The summed E-state index contributed by atoms with van der Waals surface area (Å²) in [6.07, 6.45) is 4.96. The summed E-state index contributed by atoms with van der Waals surface area (Å²) < 4.78 is 18.0. The molecular formula is C25H35ClN6O7P2. The van der Waals surface area contributed by atoms with Gasteiger partial charge < -0.3 is 34.2 Å². The molecule has 4 unspecified atom stereocenters. The molecule has 0 bridgehead atoms. The van der Waals surface area contributed by atoms with Gasteiger partial charge in [0.25, 0.3) is 8.53 Å². The minimum Gasteiger partial charge on any atom is -0.366 e. The number of nitrogens with one attached hydrogen (secondary N) is 1. The standard InChI is InChI=1S/C22H27ClN6O5P2.C3H8O2/c1-35(30)34-27-36(31)32-11-15-6-7-18(33-15)29-20-16(10-24-29)19(25-21(23)26-20)28-12-22(13-28)9-8-14-4-2-3-5-17(14)22;1-3(2,4)5/h2-5,10,15,18,27,30-31H,6-9,11-13H2,1H3;4-5H,1-2H3. The van der Waals surface area contributed by atoms with Crippen molar-refractivity contribution in [1.29, 1.82) is 0 Å². The lowest BCUT2D eigenvalue weighted by atomic mass is 9.75. The van der Waals surface area contributed by atoms with E-state index < -0.39 is 22.7 Å². The first-order chi connectivity index (χ1) is 19.4. The summed E-state index contributed by atoms with van der Waals surface area (Å²) in [6, 6.07) is 8.74. The molecule has 1 spiro atoms. The number of ether oxygens (including phenoxy) is 1. The van der Waals surface area contributed by atoms with Crippen LogP contribution in [0.25, 0.3) is 11.0 Å². The number of halogens is 1. The molecule has 224 valence electrons. The molecule has 0 saturated carbocycles. The molecule has 13 nitrogen and oxygen atoms in total. The molecule has 2 fully saturated rings. The number of nitrogens with zero attached hydrogens (tertiary/aromatic N) is 5. The Hall–Kier alpha value is -1.60. The van der Waals surface area contributed by atoms with Crippen LogP contribution in [-0.4, -0.2) is 78.0 Å². The van der Waals surface area contributed by atoms with Crippen LogP contribution in [0.2, 0.25) is 5.28 Å². The van der Waals surface area contributed by atoms with Crippen molar-refractivity contribution in [1.82, 2.24) is 25.0 Å². The molecule has 41 heavy (non-hydrogen) atoms. The molecule has 4 atom stereocenters. The number of rotatable bonds is 8. The van der Waals surface area contributed by atoms with Crippen LogP contribution in [0.4, 0.5) is 5.82 Å². The van der Waals surface area contributed by atoms with Gasteiger partial charge >= 0.3 is 0 Å². The molecule has 1 aliphatic carbocycles. The van der Waals surface area contributed by atoms with Crippen LogP contribution in [0, 0.1) is 0 Å². The maximum atomic E-state index is 9.82. The fourth-order valence-electron chi connectivity index (χ4n) is 5.53. The first-order valence-electron chi connectivity index (χ1n) is 13.2. The number of aliphatic hydroxyl groups is 2. The van der Waals surface area contributed by atoms with Gasteiger partial charge in [-0.3, -0.25) is 0 Å². The zero-order valence-electron chi connectivity index (χ0n) is 23.0. The number of fused-ring (bicyclic) bond motifs is 3. The monoisotopic (exact) mass is 628 g/mol. The molecule has 2 saturated heterocycles. The summed E-state index contributed by atoms with van der Waals surface area (Å²) in [5, 5.41) is 24.1. The fourth-order valence-corrected chi connectivity index (χ4v) is 6.80. The average molecular weight is 629 g/mol. The van der Waals surface area contributed by atoms with Crippen molar-refractivity contribution in [2.24, 2.45) is 0 Å². The van der Waals surface area contributed by atoms with E-state index in [9.17, 15) is 4.89 Å². The second-order valence-electron chi connectivity index (χ2n) is 10.9. The predicted octanol–water partition coefficient (Wildman–Crippen LogP) is 3.26. The number of aryl methyl sites for hydroxylation is 1. The van der Waals surface area contributed by atoms with Crippen LogP contribution in [0.5, 0.6) is 0 Å². The number of benzene rings is 1. The highest BCUT2D eigenvalue weighted by Gasteiger charge is 2.49. The Balaban J connectivity index is 0.000000623. The van der Waals surface area contributed by atoms with E-state index in [0.29, 0.717) is 5.65 Å². The average Bonchev–Trinajstić information content (AvgIpc) is 3.60. The lowest BCUT2D eigenvalue weighted by Gasteiger charge is -2.49. The van der Waals surface area contributed by atoms with Crippen LogP contribution in [-0.2, 0) is 25.7 Å². The van der Waals surface area contributed by atoms with Crippen LogP contribution >= 0.6 is 28.5 Å². The third kappa shape index (κ3) is 7.31. The largest absolute Gasteiger partial charge is 0.366 e. The highest BCUT2D eigenvalue weighted by atomic mass is 35.5. The molecule has 5 N–H and O–H groups in total. The second-order valence-corrected chi connectivity index (χ2v) is 13.4. The van der Waals surface area contributed by atoms with Crippen LogP contribution in [0.3, 0.4) is 0 Å². The number of aromatic nitrogens is 4. The summed E-state index contributed by atoms with van der Waals surface area (Å²) in [4.78, 5) is 30.3. The maximum Gasteiger partial charge on any atom is 0.278 e. The highest BCUT2D eigenvalue weighted by Crippen LogP contribution is 2.47. The molecule has 6 rings (SSSR count). The maximum absolute atomic E-state index is 9.82. The van der Waals surface area contributed by atoms with Gasteiger partial charge in [-0.05, 0) is 62.3 Å². The van der Waals surface area contributed by atoms with Gasteiger partial charge in [0.2, 0.25) is 5.28 Å². The third-order valence-electron chi connectivity index (χ3n) is 7.15. The van der Waals surface area contributed by atoms with Gasteiger partial charge in [0.1, 0.15) is 5.82 Å². The Kier molecular flexibility index (Phi) is 9.45. The van der Waals surface area contributed by atoms with Gasteiger partial charge in [-0.2, -0.15) is 15.1 Å². The Morgan fingerprint density at radius 1 is 1.20 bits per heavy atom. The number of anilines is 1. The van der Waals surface area contributed by atoms with E-state index in [1.165, 1.54) is 31.6 Å². The second kappa shape index (κ2) is 12.6. The normalized spacial score (nSPS) is 22.8. The summed E-state index contributed by atoms with van der Waals surface area (Å²) in [7, 11) is -3.64. The van der Waals surface area contributed by atoms with Crippen molar-refractivity contribution in [2.45, 2.75) is 63.1 Å². The topological polar surface area (TPSA) is 167 Å². The zero-order chi connectivity index (χ0) is 29.4. The van der Waals surface area contributed by atoms with Gasteiger partial charge in [0.05, 0.1) is 24.3 Å². The predicted molar refractivity (Wildman–Crippen MR) is 155 cm³/mol. The smallest absolute Gasteiger partial charge is 0.278 e. The molecule has 16 heteroatoms. The van der Waals surface area contributed by atoms with Crippen molar-refractivity contribution in [2.75, 3.05) is 31.3 Å². The molecular weight excluding hydrogens is 594 g/mol. The van der Waals surface area contributed by atoms with Gasteiger partial charge in [-0.15, -0.1) is 5.25 Å². The van der Waals surface area contributed by atoms with Gasteiger partial charge in [-0.25, -0.2) is 9.31 Å². The zero-order valence-corrected chi connectivity index (χ0v) is 25.6. The van der Waals surface area contributed by atoms with E-state index in [4.69, 9.17) is 40.6 Å². The minimum atomic E-state index is -2.01. The molecule has 2 aliphatic heterocycles. The van der Waals surface area contributed by atoms with Crippen LogP contribution < -0.4 is 10.2 Å². The fraction of sp³-hybridized carbons (Fsp3) is 0.560. The molecule has 0 amide bonds. The molecule has 4 heterocycles. The lowest BCUT2D eigenvalue weighted by Crippen LogP contribution is -2.58. The summed E-state index contributed by atoms with van der Waals surface area (Å²) in [6.45, 7) is 6.06. The van der Waals surface area contributed by atoms with Crippen molar-refractivity contribution < 1.29 is 33.9 Å². The quantitative estimate of drug-likeness (QED) is 0.107. The van der Waals surface area contributed by atoms with E-state index >= 15 is 0 Å². The van der Waals surface area contributed by atoms with E-state index in [0.717, 1.165) is 50.0 Å². The molecule has 2 aromatic heterocycles. The Bertz CT molecular complexity index is 1350. The lowest BCUT2D eigenvalue weighted by molar-refractivity contribution is -0.127. The van der Waals surface area contributed by atoms with E-state index in [2.05, 4.69) is 49.5 Å². The summed E-state index contributed by atoms with van der Waals surface area (Å²) in [5.74, 6) is -0.694. The van der Waals surface area contributed by atoms with E-state index in [1.807, 2.05) is 0 Å². The molecule has 1 aromatic carbocycles. The molecule has 0 radical (unpaired) electrons. The van der Waals surface area contributed by atoms with Crippen molar-refractivity contribution in [3.05, 3.63) is 46.9 Å². The van der Waals surface area contributed by atoms with Crippen molar-refractivity contribution in [3.63, 3.8) is 0 Å². The van der Waals surface area contributed by atoms with Crippen molar-refractivity contribution in [3.8, 4) is 0 Å². The summed E-state index contributed by atoms with van der Waals surface area (Å²) >= 11 is 6.37. The van der Waals surface area contributed by atoms with Gasteiger partial charge in [0.15, 0.2) is 26.0 Å². The van der Waals surface area contributed by atoms with E-state index in [-0.39, 0.29) is 29.6 Å². The SMILES string of the molecule is CC(C)(O)O.CP(O)ONP(O)OCC1CCC(n2ncc3c(N4CC5(CCc6ccccc65)C4)nc(Cl)nc32)O1. The number of hydrogen-bond acceptors (Lipinski definition) is 12.